The number of carbonyl (C=O) groups excluding carboxylic acids is 1. The van der Waals surface area contributed by atoms with Gasteiger partial charge < -0.3 is 25.4 Å². The second-order valence-electron chi connectivity index (χ2n) is 4.01. The van der Waals surface area contributed by atoms with Crippen molar-refractivity contribution in [2.75, 3.05) is 19.7 Å². The minimum Gasteiger partial charge on any atom is -0.394 e. The summed E-state index contributed by atoms with van der Waals surface area (Å²) in [5.41, 5.74) is 0. The van der Waals surface area contributed by atoms with Crippen molar-refractivity contribution in [1.82, 2.24) is 10.2 Å². The van der Waals surface area contributed by atoms with Crippen LogP contribution in [0.5, 0.6) is 0 Å². The molecule has 0 radical (unpaired) electrons. The number of rotatable bonds is 2. The fraction of sp³-hybridized carbons (Fsp3) is 0.889. The van der Waals surface area contributed by atoms with Gasteiger partial charge in [-0.1, -0.05) is 0 Å². The topological polar surface area (TPSA) is 102 Å². The molecular formula is C9H16N2O5. The third-order valence-electron chi connectivity index (χ3n) is 2.94. The van der Waals surface area contributed by atoms with Crippen molar-refractivity contribution in [1.29, 1.82) is 0 Å². The molecule has 0 aromatic carbocycles. The summed E-state index contributed by atoms with van der Waals surface area (Å²) in [5.74, 6) is 0. The number of amides is 2. The summed E-state index contributed by atoms with van der Waals surface area (Å²) in [6.07, 6.45) is -3.30. The van der Waals surface area contributed by atoms with Crippen LogP contribution in [0.3, 0.4) is 0 Å². The molecule has 4 atom stereocenters. The van der Waals surface area contributed by atoms with Crippen LogP contribution in [0.25, 0.3) is 0 Å². The molecule has 0 bridgehead atoms. The Morgan fingerprint density at radius 2 is 2.19 bits per heavy atom. The van der Waals surface area contributed by atoms with E-state index in [2.05, 4.69) is 5.32 Å². The Hall–Kier alpha value is -0.890. The molecule has 2 rings (SSSR count). The number of urea groups is 1. The first kappa shape index (κ1) is 11.6. The second kappa shape index (κ2) is 4.54. The maximum Gasteiger partial charge on any atom is 0.319 e. The van der Waals surface area contributed by atoms with Gasteiger partial charge in [-0.25, -0.2) is 4.79 Å². The molecule has 16 heavy (non-hydrogen) atoms. The number of hydrogen-bond donors (Lipinski definition) is 4. The first-order valence-electron chi connectivity index (χ1n) is 5.32. The Kier molecular flexibility index (Phi) is 3.29. The summed E-state index contributed by atoms with van der Waals surface area (Å²) in [5, 5.41) is 30.8. The highest BCUT2D eigenvalue weighted by molar-refractivity contribution is 5.75. The lowest BCUT2D eigenvalue weighted by molar-refractivity contribution is -0.0818. The second-order valence-corrected chi connectivity index (χ2v) is 4.01. The van der Waals surface area contributed by atoms with E-state index in [0.29, 0.717) is 13.1 Å². The van der Waals surface area contributed by atoms with Gasteiger partial charge in [-0.15, -0.1) is 0 Å². The fourth-order valence-corrected chi connectivity index (χ4v) is 2.03. The van der Waals surface area contributed by atoms with Crippen LogP contribution < -0.4 is 5.32 Å². The minimum absolute atomic E-state index is 0.318. The van der Waals surface area contributed by atoms with Crippen molar-refractivity contribution in [3.8, 4) is 0 Å². The summed E-state index contributed by atoms with van der Waals surface area (Å²) in [6.45, 7) is 0.687. The standard InChI is InChI=1S/C9H16N2O5/c12-4-5-6(13)7(14)8(16-5)11-3-1-2-10-9(11)15/h5-8,12-14H,1-4H2,(H,10,15)/t5-,6-,7+,8-/m1/s1. The fourth-order valence-electron chi connectivity index (χ4n) is 2.03. The molecule has 0 aromatic heterocycles. The summed E-state index contributed by atoms with van der Waals surface area (Å²) >= 11 is 0. The number of hydrogen-bond acceptors (Lipinski definition) is 5. The van der Waals surface area contributed by atoms with Gasteiger partial charge in [0.1, 0.15) is 18.3 Å². The summed E-state index contributed by atoms with van der Waals surface area (Å²) in [4.78, 5) is 12.8. The van der Waals surface area contributed by atoms with E-state index in [-0.39, 0.29) is 12.6 Å². The van der Waals surface area contributed by atoms with Gasteiger partial charge in [-0.3, -0.25) is 4.90 Å². The molecule has 0 spiro atoms. The number of carbonyl (C=O) groups is 1. The van der Waals surface area contributed by atoms with Crippen molar-refractivity contribution >= 4 is 6.03 Å². The molecular weight excluding hydrogens is 216 g/mol. The number of nitrogens with one attached hydrogen (secondary N) is 1. The predicted molar refractivity (Wildman–Crippen MR) is 52.5 cm³/mol. The van der Waals surface area contributed by atoms with E-state index >= 15 is 0 Å². The van der Waals surface area contributed by atoms with E-state index in [1.165, 1.54) is 4.90 Å². The summed E-state index contributed by atoms with van der Waals surface area (Å²) < 4.78 is 5.26. The summed E-state index contributed by atoms with van der Waals surface area (Å²) in [7, 11) is 0. The highest BCUT2D eigenvalue weighted by Crippen LogP contribution is 2.24. The number of aliphatic hydroxyl groups excluding tert-OH is 3. The van der Waals surface area contributed by atoms with Gasteiger partial charge in [0, 0.05) is 13.1 Å². The molecule has 2 aliphatic rings. The van der Waals surface area contributed by atoms with E-state index < -0.39 is 24.5 Å². The van der Waals surface area contributed by atoms with Crippen molar-refractivity contribution < 1.29 is 24.9 Å². The van der Waals surface area contributed by atoms with Crippen molar-refractivity contribution in [3.63, 3.8) is 0 Å². The van der Waals surface area contributed by atoms with Crippen LogP contribution in [0.1, 0.15) is 6.42 Å². The molecule has 4 N–H and O–H groups in total. The summed E-state index contributed by atoms with van der Waals surface area (Å²) in [6, 6.07) is -0.318. The Morgan fingerprint density at radius 3 is 2.75 bits per heavy atom. The van der Waals surface area contributed by atoms with E-state index in [0.717, 1.165) is 6.42 Å². The molecule has 2 heterocycles. The van der Waals surface area contributed by atoms with Gasteiger partial charge in [0.15, 0.2) is 6.23 Å². The highest BCUT2D eigenvalue weighted by atomic mass is 16.6. The van der Waals surface area contributed by atoms with E-state index in [4.69, 9.17) is 9.84 Å². The first-order valence-corrected chi connectivity index (χ1v) is 5.32. The van der Waals surface area contributed by atoms with Crippen LogP contribution in [-0.2, 0) is 4.74 Å². The lowest BCUT2D eigenvalue weighted by Gasteiger charge is -2.33. The van der Waals surface area contributed by atoms with Crippen LogP contribution in [0.2, 0.25) is 0 Å². The number of nitrogens with zero attached hydrogens (tertiary/aromatic N) is 1. The van der Waals surface area contributed by atoms with E-state index in [9.17, 15) is 15.0 Å². The number of ether oxygens (including phenoxy) is 1. The third-order valence-corrected chi connectivity index (χ3v) is 2.94. The molecule has 2 amide bonds. The van der Waals surface area contributed by atoms with E-state index in [1.807, 2.05) is 0 Å². The Balaban J connectivity index is 2.06. The molecule has 0 unspecified atom stereocenters. The van der Waals surface area contributed by atoms with Crippen molar-refractivity contribution in [2.45, 2.75) is 31.0 Å². The van der Waals surface area contributed by atoms with E-state index in [1.54, 1.807) is 0 Å². The zero-order valence-electron chi connectivity index (χ0n) is 8.74. The third kappa shape index (κ3) is 1.86. The zero-order valence-corrected chi connectivity index (χ0v) is 8.74. The van der Waals surface area contributed by atoms with Crippen LogP contribution in [0.4, 0.5) is 4.79 Å². The normalized spacial score (nSPS) is 39.9. The molecule has 7 nitrogen and oxygen atoms in total. The molecule has 2 fully saturated rings. The van der Waals surface area contributed by atoms with Crippen LogP contribution in [0.15, 0.2) is 0 Å². The van der Waals surface area contributed by atoms with Gasteiger partial charge >= 0.3 is 6.03 Å². The molecule has 2 saturated heterocycles. The van der Waals surface area contributed by atoms with Crippen LogP contribution in [-0.4, -0.2) is 70.5 Å². The SMILES string of the molecule is O=C1NCCCN1[C@@H]1O[C@H](CO)[C@@H](O)[C@@H]1O. The van der Waals surface area contributed by atoms with Gasteiger partial charge in [0.05, 0.1) is 6.61 Å². The predicted octanol–water partition coefficient (Wildman–Crippen LogP) is -2.16. The van der Waals surface area contributed by atoms with Crippen LogP contribution >= 0.6 is 0 Å². The lowest BCUT2D eigenvalue weighted by atomic mass is 10.1. The largest absolute Gasteiger partial charge is 0.394 e. The maximum atomic E-state index is 11.5. The van der Waals surface area contributed by atoms with Gasteiger partial charge in [-0.2, -0.15) is 0 Å². The van der Waals surface area contributed by atoms with Gasteiger partial charge in [0.2, 0.25) is 0 Å². The average molecular weight is 232 g/mol. The molecule has 2 aliphatic heterocycles. The number of aliphatic hydroxyl groups is 3. The monoisotopic (exact) mass is 232 g/mol. The van der Waals surface area contributed by atoms with Gasteiger partial charge in [-0.05, 0) is 6.42 Å². The average Bonchev–Trinajstić information content (AvgIpc) is 2.57. The Morgan fingerprint density at radius 1 is 1.44 bits per heavy atom. The van der Waals surface area contributed by atoms with Crippen molar-refractivity contribution in [3.05, 3.63) is 0 Å². The molecule has 92 valence electrons. The zero-order chi connectivity index (χ0) is 11.7. The smallest absolute Gasteiger partial charge is 0.319 e. The lowest BCUT2D eigenvalue weighted by Crippen LogP contribution is -2.54. The van der Waals surface area contributed by atoms with Crippen LogP contribution in [0, 0.1) is 0 Å². The Labute approximate surface area is 92.6 Å². The molecule has 7 heteroatoms. The first-order chi connectivity index (χ1) is 7.65. The molecule has 0 saturated carbocycles. The van der Waals surface area contributed by atoms with Gasteiger partial charge in [0.25, 0.3) is 0 Å². The minimum atomic E-state index is -1.18. The Bertz CT molecular complexity index is 275. The maximum absolute atomic E-state index is 11.5. The molecule has 0 aliphatic carbocycles. The van der Waals surface area contributed by atoms with Crippen molar-refractivity contribution in [2.24, 2.45) is 0 Å². The highest BCUT2D eigenvalue weighted by Gasteiger charge is 2.46. The quantitative estimate of drug-likeness (QED) is 0.434. The molecule has 0 aromatic rings.